The minimum Gasteiger partial charge on any atom is -0.455 e. The van der Waals surface area contributed by atoms with Gasteiger partial charge in [-0.25, -0.2) is 15.0 Å². The number of carbonyl (C=O) groups is 2. The lowest BCUT2D eigenvalue weighted by atomic mass is 9.90. The Kier molecular flexibility index (Phi) is 9.55. The van der Waals surface area contributed by atoms with Crippen LogP contribution in [0.4, 0.5) is 5.82 Å². The Morgan fingerprint density at radius 3 is 2.40 bits per heavy atom. The molecule has 2 aromatic heterocycles. The number of methoxy groups -OCH3 is 1. The van der Waals surface area contributed by atoms with Gasteiger partial charge in [-0.15, -0.1) is 0 Å². The fraction of sp³-hybridized carbons (Fsp3) is 0.367. The number of hydrogen-bond acceptors (Lipinski definition) is 12. The van der Waals surface area contributed by atoms with Gasteiger partial charge in [0.1, 0.15) is 19.0 Å². The summed E-state index contributed by atoms with van der Waals surface area (Å²) in [7, 11) is -2.52. The van der Waals surface area contributed by atoms with E-state index in [-0.39, 0.29) is 23.6 Å². The third-order valence-corrected chi connectivity index (χ3v) is 7.96. The molecule has 5 atom stereocenters. The van der Waals surface area contributed by atoms with Crippen LogP contribution >= 0.6 is 0 Å². The average Bonchev–Trinajstić information content (AvgIpc) is 3.59. The number of anilines is 1. The molecule has 1 amide bonds. The number of ether oxygens (including phenoxy) is 4. The molecule has 0 aliphatic carbocycles. The number of carbonyl (C=O) groups excluding carboxylic acids is 2. The van der Waals surface area contributed by atoms with Gasteiger partial charge in [0.05, 0.1) is 25.3 Å². The number of nitrogens with one attached hydrogen (secondary N) is 1. The summed E-state index contributed by atoms with van der Waals surface area (Å²) < 4.78 is 55.7. The highest BCUT2D eigenvalue weighted by Gasteiger charge is 2.62. The number of imidazole rings is 1. The lowest BCUT2D eigenvalue weighted by Crippen LogP contribution is -2.57. The normalized spacial score (nSPS) is 22.3. The van der Waals surface area contributed by atoms with Crippen LogP contribution in [0.2, 0.25) is 0 Å². The van der Waals surface area contributed by atoms with Crippen molar-refractivity contribution >= 4 is 39.0 Å². The topological polar surface area (TPSA) is 170 Å². The molecule has 1 aliphatic heterocycles. The number of nitrogens with zero attached hydrogens (tertiary/aromatic N) is 4. The number of esters is 1. The molecule has 2 aromatic carbocycles. The highest BCUT2D eigenvalue weighted by Crippen LogP contribution is 2.45. The molecular weight excluding hydrogens is 606 g/mol. The van der Waals surface area contributed by atoms with Crippen LogP contribution in [-0.2, 0) is 44.7 Å². The smallest absolute Gasteiger partial charge is 0.303 e. The maximum atomic E-state index is 12.9. The predicted molar refractivity (Wildman–Crippen MR) is 160 cm³/mol. The molecule has 1 fully saturated rings. The van der Waals surface area contributed by atoms with Crippen molar-refractivity contribution in [3.05, 3.63) is 84.4 Å². The van der Waals surface area contributed by atoms with Gasteiger partial charge in [-0.05, 0) is 24.6 Å². The summed E-state index contributed by atoms with van der Waals surface area (Å²) >= 11 is 0. The number of benzene rings is 2. The molecule has 0 spiro atoms. The molecule has 0 saturated carbocycles. The number of amides is 1. The summed E-state index contributed by atoms with van der Waals surface area (Å²) in [5.41, 5.74) is 0.0943. The molecule has 14 nitrogen and oxygen atoms in total. The van der Waals surface area contributed by atoms with Gasteiger partial charge >= 0.3 is 5.97 Å². The quantitative estimate of drug-likeness (QED) is 0.178. The SMILES string of the molecule is COC(C)[C@@]1(COS(C)(=O)=O)O[C@@H](n2cnc3c(NC(=O)c4ccccc4)ncnc32)[C@H](OC(C)=O)[C@@H]1OCc1ccccc1. The summed E-state index contributed by atoms with van der Waals surface area (Å²) in [6.45, 7) is 2.46. The standard InChI is InChI=1S/C30H33N5O9S/c1-19(40-3)30(16-42-45(4,38)39)25(41-15-21-11-7-5-8-12-21)24(43-20(2)36)29(44-30)35-18-33-23-26(31-17-32-27(23)35)34-28(37)22-13-9-6-10-14-22/h5-14,17-19,24-25,29H,15-16H2,1-4H3,(H,31,32,34,37)/t19?,24-,25+,29-,30-/m1/s1. The van der Waals surface area contributed by atoms with Crippen LogP contribution in [0.3, 0.4) is 0 Å². The first-order valence-electron chi connectivity index (χ1n) is 13.9. The minimum atomic E-state index is -3.95. The van der Waals surface area contributed by atoms with Gasteiger partial charge in [0.2, 0.25) is 0 Å². The number of rotatable bonds is 12. The third-order valence-electron chi connectivity index (χ3n) is 7.42. The van der Waals surface area contributed by atoms with Gasteiger partial charge in [-0.3, -0.25) is 18.3 Å². The first-order chi connectivity index (χ1) is 21.5. The zero-order chi connectivity index (χ0) is 32.2. The largest absolute Gasteiger partial charge is 0.455 e. The number of aromatic nitrogens is 4. The molecule has 3 heterocycles. The van der Waals surface area contributed by atoms with E-state index in [1.165, 1.54) is 31.3 Å². The van der Waals surface area contributed by atoms with Crippen LogP contribution in [0.1, 0.15) is 36.0 Å². The highest BCUT2D eigenvalue weighted by molar-refractivity contribution is 7.85. The molecular formula is C30H33N5O9S. The van der Waals surface area contributed by atoms with E-state index >= 15 is 0 Å². The van der Waals surface area contributed by atoms with E-state index in [0.717, 1.165) is 11.8 Å². The molecule has 0 radical (unpaired) electrons. The average molecular weight is 640 g/mol. The van der Waals surface area contributed by atoms with Gasteiger partial charge in [-0.1, -0.05) is 48.5 Å². The second-order valence-corrected chi connectivity index (χ2v) is 12.1. The van der Waals surface area contributed by atoms with E-state index in [1.54, 1.807) is 37.3 Å². The van der Waals surface area contributed by atoms with Crippen molar-refractivity contribution in [1.82, 2.24) is 19.5 Å². The molecule has 238 valence electrons. The lowest BCUT2D eigenvalue weighted by Gasteiger charge is -2.38. The molecule has 0 bridgehead atoms. The summed E-state index contributed by atoms with van der Waals surface area (Å²) in [5.74, 6) is -0.898. The first kappa shape index (κ1) is 32.1. The van der Waals surface area contributed by atoms with Crippen molar-refractivity contribution in [2.24, 2.45) is 0 Å². The van der Waals surface area contributed by atoms with Crippen molar-refractivity contribution in [2.75, 3.05) is 25.3 Å². The third kappa shape index (κ3) is 7.02. The van der Waals surface area contributed by atoms with Crippen LogP contribution in [0.25, 0.3) is 11.2 Å². The van der Waals surface area contributed by atoms with Crippen LogP contribution < -0.4 is 5.32 Å². The van der Waals surface area contributed by atoms with E-state index in [9.17, 15) is 18.0 Å². The second kappa shape index (κ2) is 13.4. The molecule has 1 aliphatic rings. The predicted octanol–water partition coefficient (Wildman–Crippen LogP) is 2.87. The summed E-state index contributed by atoms with van der Waals surface area (Å²) in [4.78, 5) is 38.4. The Bertz CT molecular complexity index is 1750. The van der Waals surface area contributed by atoms with Crippen molar-refractivity contribution in [2.45, 2.75) is 50.6 Å². The Labute approximate surface area is 259 Å². The van der Waals surface area contributed by atoms with Crippen LogP contribution in [0, 0.1) is 0 Å². The van der Waals surface area contributed by atoms with E-state index in [1.807, 2.05) is 30.3 Å². The van der Waals surface area contributed by atoms with Gasteiger partial charge in [0.15, 0.2) is 34.9 Å². The molecule has 4 aromatic rings. The Balaban J connectivity index is 1.58. The zero-order valence-corrected chi connectivity index (χ0v) is 25.8. The number of hydrogen-bond donors (Lipinski definition) is 1. The van der Waals surface area contributed by atoms with Crippen LogP contribution in [0.15, 0.2) is 73.3 Å². The van der Waals surface area contributed by atoms with E-state index in [4.69, 9.17) is 23.1 Å². The molecule has 1 saturated heterocycles. The maximum absolute atomic E-state index is 12.9. The molecule has 1 unspecified atom stereocenters. The zero-order valence-electron chi connectivity index (χ0n) is 25.0. The van der Waals surface area contributed by atoms with Gasteiger partial charge in [0.25, 0.3) is 16.0 Å². The van der Waals surface area contributed by atoms with E-state index < -0.39 is 58.7 Å². The van der Waals surface area contributed by atoms with Crippen LogP contribution in [-0.4, -0.2) is 83.7 Å². The monoisotopic (exact) mass is 639 g/mol. The Hall–Kier alpha value is -4.28. The van der Waals surface area contributed by atoms with Crippen molar-refractivity contribution in [3.8, 4) is 0 Å². The molecule has 5 rings (SSSR count). The maximum Gasteiger partial charge on any atom is 0.303 e. The van der Waals surface area contributed by atoms with Crippen molar-refractivity contribution in [1.29, 1.82) is 0 Å². The minimum absolute atomic E-state index is 0.0684. The van der Waals surface area contributed by atoms with Crippen molar-refractivity contribution < 1.29 is 41.1 Å². The highest BCUT2D eigenvalue weighted by atomic mass is 32.2. The fourth-order valence-electron chi connectivity index (χ4n) is 5.17. The van der Waals surface area contributed by atoms with Crippen molar-refractivity contribution in [3.63, 3.8) is 0 Å². The second-order valence-electron chi connectivity index (χ2n) is 10.5. The fourth-order valence-corrected chi connectivity index (χ4v) is 5.57. The van der Waals surface area contributed by atoms with E-state index in [2.05, 4.69) is 20.3 Å². The number of fused-ring (bicyclic) bond motifs is 1. The Morgan fingerprint density at radius 2 is 1.76 bits per heavy atom. The summed E-state index contributed by atoms with van der Waals surface area (Å²) in [6, 6.07) is 17.9. The van der Waals surface area contributed by atoms with Gasteiger partial charge in [0, 0.05) is 19.6 Å². The summed E-state index contributed by atoms with van der Waals surface area (Å²) in [5, 5.41) is 2.75. The van der Waals surface area contributed by atoms with Gasteiger partial charge in [-0.2, -0.15) is 8.42 Å². The first-order valence-corrected chi connectivity index (χ1v) is 15.8. The lowest BCUT2D eigenvalue weighted by molar-refractivity contribution is -0.192. The van der Waals surface area contributed by atoms with E-state index in [0.29, 0.717) is 5.56 Å². The molecule has 1 N–H and O–H groups in total. The van der Waals surface area contributed by atoms with Crippen LogP contribution in [0.5, 0.6) is 0 Å². The molecule has 45 heavy (non-hydrogen) atoms. The Morgan fingerprint density at radius 1 is 1.07 bits per heavy atom. The summed E-state index contributed by atoms with van der Waals surface area (Å²) in [6.07, 6.45) is -0.655. The van der Waals surface area contributed by atoms with Gasteiger partial charge < -0.3 is 24.3 Å². The molecule has 15 heteroatoms.